The summed E-state index contributed by atoms with van der Waals surface area (Å²) < 4.78 is 16.5. The topological polar surface area (TPSA) is 69.2 Å². The van der Waals surface area contributed by atoms with Gasteiger partial charge in [0.1, 0.15) is 12.4 Å². The lowest BCUT2D eigenvalue weighted by Gasteiger charge is -2.20. The fourth-order valence-corrected chi connectivity index (χ4v) is 3.08. The maximum Gasteiger partial charge on any atom is 0.245 e. The summed E-state index contributed by atoms with van der Waals surface area (Å²) in [7, 11) is 0. The number of hydrazone groups is 1. The van der Waals surface area contributed by atoms with Gasteiger partial charge in [0.25, 0.3) is 0 Å². The second-order valence-corrected chi connectivity index (χ2v) is 7.24. The van der Waals surface area contributed by atoms with Crippen molar-refractivity contribution in [3.05, 3.63) is 63.6 Å². The smallest absolute Gasteiger partial charge is 0.245 e. The molecule has 28 heavy (non-hydrogen) atoms. The molecule has 6 nitrogen and oxygen atoms in total. The molecule has 1 heterocycles. The third-order valence-electron chi connectivity index (χ3n) is 4.07. The molecular weight excluding hydrogens is 403 g/mol. The van der Waals surface area contributed by atoms with Gasteiger partial charge in [0.15, 0.2) is 5.79 Å². The predicted octanol–water partition coefficient (Wildman–Crippen LogP) is 4.18. The van der Waals surface area contributed by atoms with Crippen LogP contribution < -0.4 is 10.2 Å². The highest BCUT2D eigenvalue weighted by atomic mass is 35.5. The van der Waals surface area contributed by atoms with Crippen molar-refractivity contribution in [2.24, 2.45) is 5.10 Å². The minimum Gasteiger partial charge on any atom is -0.489 e. The van der Waals surface area contributed by atoms with Crippen LogP contribution >= 0.6 is 23.2 Å². The Bertz CT molecular complexity index is 850. The lowest BCUT2D eigenvalue weighted by Crippen LogP contribution is -2.33. The van der Waals surface area contributed by atoms with Crippen molar-refractivity contribution in [1.29, 1.82) is 0 Å². The summed E-state index contributed by atoms with van der Waals surface area (Å²) in [4.78, 5) is 11.9. The quantitative estimate of drug-likeness (QED) is 0.536. The van der Waals surface area contributed by atoms with Gasteiger partial charge in [-0.2, -0.15) is 5.10 Å². The molecule has 0 saturated carbocycles. The van der Waals surface area contributed by atoms with Crippen LogP contribution in [0.4, 0.5) is 0 Å². The van der Waals surface area contributed by atoms with Crippen LogP contribution in [0.5, 0.6) is 5.75 Å². The molecule has 0 spiro atoms. The normalized spacial score (nSPS) is 15.7. The molecular formula is C20H20Cl2N2O4. The Morgan fingerprint density at radius 2 is 1.93 bits per heavy atom. The average molecular weight is 423 g/mol. The van der Waals surface area contributed by atoms with E-state index in [1.165, 1.54) is 0 Å². The third-order valence-corrected chi connectivity index (χ3v) is 4.66. The Kier molecular flexibility index (Phi) is 6.91. The number of benzene rings is 2. The SMILES string of the molecule is CC1(CC(=O)N/N=C\c2ccc(OCc3ccc(Cl)cc3Cl)cc2)OCCO1. The Morgan fingerprint density at radius 3 is 2.61 bits per heavy atom. The predicted molar refractivity (Wildman–Crippen MR) is 108 cm³/mol. The molecule has 1 saturated heterocycles. The highest BCUT2D eigenvalue weighted by molar-refractivity contribution is 6.35. The molecule has 0 radical (unpaired) electrons. The highest BCUT2D eigenvalue weighted by Gasteiger charge is 2.33. The van der Waals surface area contributed by atoms with E-state index in [1.807, 2.05) is 30.3 Å². The molecule has 148 valence electrons. The summed E-state index contributed by atoms with van der Waals surface area (Å²) in [5, 5.41) is 5.10. The number of hydrogen-bond acceptors (Lipinski definition) is 5. The molecule has 1 aliphatic heterocycles. The van der Waals surface area contributed by atoms with Gasteiger partial charge in [0.2, 0.25) is 5.91 Å². The van der Waals surface area contributed by atoms with Gasteiger partial charge in [-0.3, -0.25) is 4.79 Å². The first-order chi connectivity index (χ1) is 13.4. The van der Waals surface area contributed by atoms with Gasteiger partial charge < -0.3 is 14.2 Å². The minimum atomic E-state index is -0.869. The van der Waals surface area contributed by atoms with Crippen LogP contribution in [0.1, 0.15) is 24.5 Å². The van der Waals surface area contributed by atoms with Crippen molar-refractivity contribution < 1.29 is 19.0 Å². The van der Waals surface area contributed by atoms with E-state index in [9.17, 15) is 4.79 Å². The summed E-state index contributed by atoms with van der Waals surface area (Å²) in [6.45, 7) is 3.05. The maximum absolute atomic E-state index is 11.9. The van der Waals surface area contributed by atoms with Gasteiger partial charge in [-0.1, -0.05) is 29.3 Å². The molecule has 1 amide bonds. The molecule has 1 N–H and O–H groups in total. The van der Waals surface area contributed by atoms with Gasteiger partial charge in [0.05, 0.1) is 25.8 Å². The van der Waals surface area contributed by atoms with Crippen molar-refractivity contribution in [3.63, 3.8) is 0 Å². The van der Waals surface area contributed by atoms with Gasteiger partial charge in [-0.05, 0) is 48.9 Å². The maximum atomic E-state index is 11.9. The van der Waals surface area contributed by atoms with Gasteiger partial charge in [-0.25, -0.2) is 5.43 Å². The summed E-state index contributed by atoms with van der Waals surface area (Å²) in [6.07, 6.45) is 1.64. The van der Waals surface area contributed by atoms with E-state index in [0.29, 0.717) is 35.6 Å². The van der Waals surface area contributed by atoms with Gasteiger partial charge in [0, 0.05) is 15.6 Å². The molecule has 8 heteroatoms. The molecule has 2 aromatic rings. The van der Waals surface area contributed by atoms with Crippen molar-refractivity contribution in [2.75, 3.05) is 13.2 Å². The first-order valence-corrected chi connectivity index (χ1v) is 9.46. The Hall–Kier alpha value is -2.12. The molecule has 0 bridgehead atoms. The van der Waals surface area contributed by atoms with Crippen LogP contribution in [0.15, 0.2) is 47.6 Å². The third kappa shape index (κ3) is 5.94. The van der Waals surface area contributed by atoms with Crippen LogP contribution in [-0.2, 0) is 20.9 Å². The number of ether oxygens (including phenoxy) is 3. The summed E-state index contributed by atoms with van der Waals surface area (Å²) >= 11 is 12.0. The molecule has 0 unspecified atom stereocenters. The summed E-state index contributed by atoms with van der Waals surface area (Å²) in [6, 6.07) is 12.6. The minimum absolute atomic E-state index is 0.0877. The number of hydrogen-bond donors (Lipinski definition) is 1. The van der Waals surface area contributed by atoms with Crippen LogP contribution in [0, 0.1) is 0 Å². The number of nitrogens with zero attached hydrogens (tertiary/aromatic N) is 1. The van der Waals surface area contributed by atoms with E-state index in [0.717, 1.165) is 11.1 Å². The van der Waals surface area contributed by atoms with Crippen molar-refractivity contribution >= 4 is 35.3 Å². The average Bonchev–Trinajstić information content (AvgIpc) is 3.08. The van der Waals surface area contributed by atoms with Crippen LogP contribution in [0.3, 0.4) is 0 Å². The molecule has 1 aliphatic rings. The number of carbonyl (C=O) groups is 1. The van der Waals surface area contributed by atoms with Gasteiger partial charge >= 0.3 is 0 Å². The molecule has 2 aromatic carbocycles. The second kappa shape index (κ2) is 9.39. The van der Waals surface area contributed by atoms with Crippen LogP contribution in [-0.4, -0.2) is 31.1 Å². The number of rotatable bonds is 7. The number of nitrogens with one attached hydrogen (secondary N) is 1. The van der Waals surface area contributed by atoms with Gasteiger partial charge in [-0.15, -0.1) is 0 Å². The molecule has 0 aromatic heterocycles. The standard InChI is InChI=1S/C20H20Cl2N2O4/c1-20(27-8-9-28-20)11-19(25)24-23-12-14-2-6-17(7-3-14)26-13-15-4-5-16(21)10-18(15)22/h2-7,10,12H,8-9,11,13H2,1H3,(H,24,25)/b23-12-. The number of amides is 1. The fourth-order valence-electron chi connectivity index (χ4n) is 2.62. The largest absolute Gasteiger partial charge is 0.489 e. The van der Waals surface area contributed by atoms with E-state index in [4.69, 9.17) is 37.4 Å². The van der Waals surface area contributed by atoms with E-state index in [1.54, 1.807) is 25.3 Å². The summed E-state index contributed by atoms with van der Waals surface area (Å²) in [5.41, 5.74) is 4.14. The zero-order valence-corrected chi connectivity index (χ0v) is 16.8. The van der Waals surface area contributed by atoms with Crippen LogP contribution in [0.25, 0.3) is 0 Å². The molecule has 3 rings (SSSR count). The fraction of sp³-hybridized carbons (Fsp3) is 0.300. The zero-order valence-electron chi connectivity index (χ0n) is 15.3. The van der Waals surface area contributed by atoms with Crippen LogP contribution in [0.2, 0.25) is 10.0 Å². The molecule has 1 fully saturated rings. The van der Waals surface area contributed by atoms with Crippen molar-refractivity contribution in [3.8, 4) is 5.75 Å². The van der Waals surface area contributed by atoms with E-state index in [2.05, 4.69) is 10.5 Å². The van der Waals surface area contributed by atoms with E-state index in [-0.39, 0.29) is 12.3 Å². The molecule has 0 atom stereocenters. The monoisotopic (exact) mass is 422 g/mol. The summed E-state index contributed by atoms with van der Waals surface area (Å²) in [5.74, 6) is -0.456. The Labute approximate surface area is 173 Å². The lowest BCUT2D eigenvalue weighted by molar-refractivity contribution is -0.159. The lowest BCUT2D eigenvalue weighted by atomic mass is 10.2. The number of carbonyl (C=O) groups excluding carboxylic acids is 1. The first-order valence-electron chi connectivity index (χ1n) is 8.70. The first kappa shape index (κ1) is 20.6. The zero-order chi connectivity index (χ0) is 20.0. The molecule has 0 aliphatic carbocycles. The Morgan fingerprint density at radius 1 is 1.21 bits per heavy atom. The van der Waals surface area contributed by atoms with E-state index >= 15 is 0 Å². The second-order valence-electron chi connectivity index (χ2n) is 6.39. The Balaban J connectivity index is 1.47. The van der Waals surface area contributed by atoms with Crippen molar-refractivity contribution in [2.45, 2.75) is 25.7 Å². The van der Waals surface area contributed by atoms with E-state index < -0.39 is 5.79 Å². The van der Waals surface area contributed by atoms with Crippen molar-refractivity contribution in [1.82, 2.24) is 5.43 Å². The number of halogens is 2. The highest BCUT2D eigenvalue weighted by Crippen LogP contribution is 2.23.